The molecule has 5 heteroatoms. The number of amides is 2. The van der Waals surface area contributed by atoms with Crippen molar-refractivity contribution < 1.29 is 9.59 Å². The van der Waals surface area contributed by atoms with Crippen LogP contribution >= 0.6 is 11.8 Å². The van der Waals surface area contributed by atoms with Crippen molar-refractivity contribution in [3.63, 3.8) is 0 Å². The number of rotatable bonds is 5. The maximum Gasteiger partial charge on any atom is 0.314 e. The van der Waals surface area contributed by atoms with Crippen molar-refractivity contribution in [2.24, 2.45) is 0 Å². The molecule has 0 aromatic heterocycles. The molecule has 29 heavy (non-hydrogen) atoms. The van der Waals surface area contributed by atoms with Crippen LogP contribution in [0.5, 0.6) is 0 Å². The first-order chi connectivity index (χ1) is 14.0. The molecule has 0 spiro atoms. The predicted octanol–water partition coefficient (Wildman–Crippen LogP) is 5.85. The largest absolute Gasteiger partial charge is 0.317 e. The first-order valence-electron chi connectivity index (χ1n) is 9.49. The Morgan fingerprint density at radius 1 is 0.793 bits per heavy atom. The standard InChI is InChI=1S/C24H24N2O2S/c1-16(2)19-13-9-10-17(3)22(19)26-24(28)23(27)25-20-14-7-8-15-21(20)29-18-11-5-4-6-12-18/h4-16H,1-3H3,(H,25,27)(H,26,28). The molecule has 0 radical (unpaired) electrons. The quantitative estimate of drug-likeness (QED) is 0.525. The second-order valence-corrected chi connectivity index (χ2v) is 8.13. The van der Waals surface area contributed by atoms with Crippen LogP contribution in [0.25, 0.3) is 0 Å². The van der Waals surface area contributed by atoms with E-state index in [1.165, 1.54) is 11.8 Å². The minimum Gasteiger partial charge on any atom is -0.317 e. The summed E-state index contributed by atoms with van der Waals surface area (Å²) in [5.74, 6) is -1.14. The molecule has 3 rings (SSSR count). The maximum atomic E-state index is 12.6. The second-order valence-electron chi connectivity index (χ2n) is 7.01. The van der Waals surface area contributed by atoms with E-state index in [9.17, 15) is 9.59 Å². The predicted molar refractivity (Wildman–Crippen MR) is 120 cm³/mol. The molecule has 3 aromatic rings. The van der Waals surface area contributed by atoms with Crippen molar-refractivity contribution >= 4 is 35.0 Å². The Balaban J connectivity index is 1.75. The van der Waals surface area contributed by atoms with Crippen molar-refractivity contribution in [1.29, 1.82) is 0 Å². The minimum atomic E-state index is -0.691. The number of para-hydroxylation sites is 2. The zero-order chi connectivity index (χ0) is 20.8. The topological polar surface area (TPSA) is 58.2 Å². The van der Waals surface area contributed by atoms with E-state index < -0.39 is 11.8 Å². The van der Waals surface area contributed by atoms with Crippen LogP contribution in [0.4, 0.5) is 11.4 Å². The minimum absolute atomic E-state index is 0.233. The highest BCUT2D eigenvalue weighted by atomic mass is 32.2. The van der Waals surface area contributed by atoms with E-state index in [0.717, 1.165) is 20.9 Å². The molecular weight excluding hydrogens is 380 g/mol. The molecule has 0 aliphatic heterocycles. The highest BCUT2D eigenvalue weighted by Gasteiger charge is 2.19. The van der Waals surface area contributed by atoms with Gasteiger partial charge in [-0.15, -0.1) is 0 Å². The lowest BCUT2D eigenvalue weighted by Gasteiger charge is -2.16. The molecule has 2 amide bonds. The fraction of sp³-hybridized carbons (Fsp3) is 0.167. The Morgan fingerprint density at radius 3 is 2.17 bits per heavy atom. The number of hydrogen-bond donors (Lipinski definition) is 2. The molecule has 0 bridgehead atoms. The zero-order valence-corrected chi connectivity index (χ0v) is 17.5. The first kappa shape index (κ1) is 20.7. The number of aryl methyl sites for hydroxylation is 1. The Kier molecular flexibility index (Phi) is 6.73. The Labute approximate surface area is 175 Å². The lowest BCUT2D eigenvalue weighted by atomic mass is 9.98. The maximum absolute atomic E-state index is 12.6. The lowest BCUT2D eigenvalue weighted by molar-refractivity contribution is -0.133. The van der Waals surface area contributed by atoms with Crippen LogP contribution in [0.3, 0.4) is 0 Å². The number of carbonyl (C=O) groups is 2. The van der Waals surface area contributed by atoms with Crippen LogP contribution in [-0.4, -0.2) is 11.8 Å². The Bertz CT molecular complexity index is 1020. The molecule has 0 saturated heterocycles. The third-order valence-electron chi connectivity index (χ3n) is 4.48. The number of nitrogens with one attached hydrogen (secondary N) is 2. The summed E-state index contributed by atoms with van der Waals surface area (Å²) in [7, 11) is 0. The van der Waals surface area contributed by atoms with E-state index >= 15 is 0 Å². The van der Waals surface area contributed by atoms with Crippen LogP contribution < -0.4 is 10.6 Å². The average Bonchev–Trinajstić information content (AvgIpc) is 2.71. The molecular formula is C24H24N2O2S. The van der Waals surface area contributed by atoms with E-state index in [4.69, 9.17) is 0 Å². The fourth-order valence-electron chi connectivity index (χ4n) is 2.97. The third-order valence-corrected chi connectivity index (χ3v) is 5.56. The van der Waals surface area contributed by atoms with Crippen molar-refractivity contribution in [3.05, 3.63) is 83.9 Å². The van der Waals surface area contributed by atoms with Gasteiger partial charge in [-0.3, -0.25) is 9.59 Å². The van der Waals surface area contributed by atoms with E-state index in [1.54, 1.807) is 6.07 Å². The van der Waals surface area contributed by atoms with E-state index in [2.05, 4.69) is 24.5 Å². The summed E-state index contributed by atoms with van der Waals surface area (Å²) in [5.41, 5.74) is 3.24. The van der Waals surface area contributed by atoms with Gasteiger partial charge in [0.15, 0.2) is 0 Å². The van der Waals surface area contributed by atoms with Gasteiger partial charge in [-0.05, 0) is 48.2 Å². The second kappa shape index (κ2) is 9.43. The molecule has 0 atom stereocenters. The summed E-state index contributed by atoms with van der Waals surface area (Å²) in [6.07, 6.45) is 0. The van der Waals surface area contributed by atoms with Gasteiger partial charge in [0.25, 0.3) is 0 Å². The normalized spacial score (nSPS) is 10.6. The molecule has 3 aromatic carbocycles. The van der Waals surface area contributed by atoms with Gasteiger partial charge in [-0.1, -0.05) is 74.1 Å². The van der Waals surface area contributed by atoms with Gasteiger partial charge in [-0.25, -0.2) is 0 Å². The number of hydrogen-bond acceptors (Lipinski definition) is 3. The van der Waals surface area contributed by atoms with Crippen LogP contribution in [0, 0.1) is 6.92 Å². The molecule has 2 N–H and O–H groups in total. The summed E-state index contributed by atoms with van der Waals surface area (Å²) in [6, 6.07) is 23.2. The number of benzene rings is 3. The summed E-state index contributed by atoms with van der Waals surface area (Å²) in [6.45, 7) is 6.04. The average molecular weight is 405 g/mol. The van der Waals surface area contributed by atoms with Crippen LogP contribution in [0.15, 0.2) is 82.6 Å². The molecule has 4 nitrogen and oxygen atoms in total. The zero-order valence-electron chi connectivity index (χ0n) is 16.7. The lowest BCUT2D eigenvalue weighted by Crippen LogP contribution is -2.30. The highest BCUT2D eigenvalue weighted by Crippen LogP contribution is 2.33. The number of carbonyl (C=O) groups excluding carboxylic acids is 2. The van der Waals surface area contributed by atoms with Gasteiger partial charge in [0.2, 0.25) is 0 Å². The van der Waals surface area contributed by atoms with Crippen molar-refractivity contribution in [2.75, 3.05) is 10.6 Å². The van der Waals surface area contributed by atoms with Gasteiger partial charge >= 0.3 is 11.8 Å². The van der Waals surface area contributed by atoms with Crippen LogP contribution in [-0.2, 0) is 9.59 Å². The summed E-state index contributed by atoms with van der Waals surface area (Å²) in [4.78, 5) is 27.1. The van der Waals surface area contributed by atoms with E-state index in [-0.39, 0.29) is 5.92 Å². The highest BCUT2D eigenvalue weighted by molar-refractivity contribution is 7.99. The van der Waals surface area contributed by atoms with E-state index in [0.29, 0.717) is 11.4 Å². The molecule has 0 aliphatic rings. The summed E-state index contributed by atoms with van der Waals surface area (Å²) in [5, 5.41) is 5.54. The summed E-state index contributed by atoms with van der Waals surface area (Å²) < 4.78 is 0. The van der Waals surface area contributed by atoms with Gasteiger partial charge in [0.1, 0.15) is 0 Å². The van der Waals surface area contributed by atoms with Gasteiger partial charge in [0.05, 0.1) is 5.69 Å². The number of anilines is 2. The van der Waals surface area contributed by atoms with Crippen LogP contribution in [0.2, 0.25) is 0 Å². The van der Waals surface area contributed by atoms with Gasteiger partial charge < -0.3 is 10.6 Å². The molecule has 148 valence electrons. The monoisotopic (exact) mass is 404 g/mol. The Morgan fingerprint density at radius 2 is 1.45 bits per heavy atom. The van der Waals surface area contributed by atoms with Crippen molar-refractivity contribution in [1.82, 2.24) is 0 Å². The molecule has 0 saturated carbocycles. The van der Waals surface area contributed by atoms with Gasteiger partial charge in [-0.2, -0.15) is 0 Å². The first-order valence-corrected chi connectivity index (χ1v) is 10.3. The van der Waals surface area contributed by atoms with E-state index in [1.807, 2.05) is 73.7 Å². The van der Waals surface area contributed by atoms with Crippen molar-refractivity contribution in [3.8, 4) is 0 Å². The summed E-state index contributed by atoms with van der Waals surface area (Å²) >= 11 is 1.53. The van der Waals surface area contributed by atoms with Crippen molar-refractivity contribution in [2.45, 2.75) is 36.5 Å². The van der Waals surface area contributed by atoms with Crippen LogP contribution in [0.1, 0.15) is 30.9 Å². The smallest absolute Gasteiger partial charge is 0.314 e. The SMILES string of the molecule is Cc1cccc(C(C)C)c1NC(=O)C(=O)Nc1ccccc1Sc1ccccc1. The molecule has 0 fully saturated rings. The molecule has 0 heterocycles. The molecule has 0 unspecified atom stereocenters. The third kappa shape index (κ3) is 5.27. The van der Waals surface area contributed by atoms with Gasteiger partial charge in [0, 0.05) is 15.5 Å². The Hall–Kier alpha value is -3.05. The fourth-order valence-corrected chi connectivity index (χ4v) is 3.89. The molecule has 0 aliphatic carbocycles.